The number of anilines is 1. The Morgan fingerprint density at radius 1 is 1.00 bits per heavy atom. The van der Waals surface area contributed by atoms with Gasteiger partial charge in [-0.2, -0.15) is 0 Å². The van der Waals surface area contributed by atoms with Crippen LogP contribution in [0.1, 0.15) is 33.6 Å². The van der Waals surface area contributed by atoms with E-state index in [0.29, 0.717) is 30.0 Å². The zero-order valence-corrected chi connectivity index (χ0v) is 15.8. The highest BCUT2D eigenvalue weighted by atomic mass is 16.5. The van der Waals surface area contributed by atoms with Gasteiger partial charge in [0.15, 0.2) is 12.4 Å². The number of methoxy groups -OCH3 is 2. The highest BCUT2D eigenvalue weighted by Gasteiger charge is 2.23. The maximum atomic E-state index is 12.4. The molecule has 1 aliphatic rings. The van der Waals surface area contributed by atoms with Gasteiger partial charge in [-0.1, -0.05) is 6.07 Å². The van der Waals surface area contributed by atoms with E-state index in [9.17, 15) is 14.4 Å². The maximum absolute atomic E-state index is 12.4. The summed E-state index contributed by atoms with van der Waals surface area (Å²) in [5, 5.41) is 0. The minimum absolute atomic E-state index is 0.0822. The van der Waals surface area contributed by atoms with Gasteiger partial charge in [-0.3, -0.25) is 9.59 Å². The van der Waals surface area contributed by atoms with E-state index in [1.165, 1.54) is 14.2 Å². The summed E-state index contributed by atoms with van der Waals surface area (Å²) >= 11 is 0. The van der Waals surface area contributed by atoms with Crippen molar-refractivity contribution in [3.8, 4) is 11.5 Å². The van der Waals surface area contributed by atoms with Crippen LogP contribution in [0.4, 0.5) is 5.69 Å². The van der Waals surface area contributed by atoms with Gasteiger partial charge in [0.1, 0.15) is 17.1 Å². The molecular formula is C21H21NO6. The molecule has 0 spiro atoms. The number of Topliss-reactive ketones (excluding diaryl/α,β-unsaturated/α-hetero) is 1. The lowest BCUT2D eigenvalue weighted by Crippen LogP contribution is -2.23. The van der Waals surface area contributed by atoms with Crippen molar-refractivity contribution >= 4 is 23.3 Å². The van der Waals surface area contributed by atoms with Crippen LogP contribution in [0.25, 0.3) is 0 Å². The van der Waals surface area contributed by atoms with Crippen LogP contribution in [0.3, 0.4) is 0 Å². The second-order valence-electron chi connectivity index (χ2n) is 6.23. The topological polar surface area (TPSA) is 82.1 Å². The van der Waals surface area contributed by atoms with Crippen molar-refractivity contribution in [1.29, 1.82) is 0 Å². The molecular weight excluding hydrogens is 362 g/mol. The minimum atomic E-state index is -0.707. The van der Waals surface area contributed by atoms with Crippen molar-refractivity contribution in [3.05, 3.63) is 53.6 Å². The van der Waals surface area contributed by atoms with E-state index in [2.05, 4.69) is 0 Å². The molecule has 3 rings (SSSR count). The van der Waals surface area contributed by atoms with Crippen molar-refractivity contribution in [3.63, 3.8) is 0 Å². The van der Waals surface area contributed by atoms with Gasteiger partial charge in [0, 0.05) is 24.2 Å². The number of esters is 1. The fourth-order valence-electron chi connectivity index (χ4n) is 3.09. The van der Waals surface area contributed by atoms with Crippen LogP contribution in [0.5, 0.6) is 11.5 Å². The quantitative estimate of drug-likeness (QED) is 0.540. The van der Waals surface area contributed by atoms with Crippen molar-refractivity contribution in [2.24, 2.45) is 0 Å². The molecule has 1 amide bonds. The number of ketones is 1. The molecule has 0 aliphatic carbocycles. The van der Waals surface area contributed by atoms with E-state index in [0.717, 1.165) is 12.1 Å². The molecule has 1 fully saturated rings. The largest absolute Gasteiger partial charge is 0.496 e. The highest BCUT2D eigenvalue weighted by molar-refractivity contribution is 6.01. The third kappa shape index (κ3) is 3.98. The predicted molar refractivity (Wildman–Crippen MR) is 102 cm³/mol. The highest BCUT2D eigenvalue weighted by Crippen LogP contribution is 2.29. The standard InChI is InChI=1S/C21H21NO6/c1-26-17-5-3-6-18(27-2)20(17)21(25)28-13-16(23)14-8-10-15(11-9-14)22-12-4-7-19(22)24/h3,5-6,8-11H,4,7,12-13H2,1-2H3. The van der Waals surface area contributed by atoms with E-state index in [1.807, 2.05) is 0 Å². The lowest BCUT2D eigenvalue weighted by atomic mass is 10.1. The summed E-state index contributed by atoms with van der Waals surface area (Å²) in [6.07, 6.45) is 1.38. The number of nitrogens with zero attached hydrogens (tertiary/aromatic N) is 1. The SMILES string of the molecule is COc1cccc(OC)c1C(=O)OCC(=O)c1ccc(N2CCCC2=O)cc1. The monoisotopic (exact) mass is 383 g/mol. The third-order valence-electron chi connectivity index (χ3n) is 4.54. The lowest BCUT2D eigenvalue weighted by Gasteiger charge is -2.15. The van der Waals surface area contributed by atoms with Crippen molar-refractivity contribution < 1.29 is 28.6 Å². The molecule has 2 aromatic carbocycles. The molecule has 0 bridgehead atoms. The van der Waals surface area contributed by atoms with Gasteiger partial charge >= 0.3 is 5.97 Å². The van der Waals surface area contributed by atoms with Gasteiger partial charge in [0.2, 0.25) is 5.91 Å². The van der Waals surface area contributed by atoms with E-state index in [4.69, 9.17) is 14.2 Å². The molecule has 1 heterocycles. The molecule has 7 nitrogen and oxygen atoms in total. The molecule has 0 atom stereocenters. The summed E-state index contributed by atoms with van der Waals surface area (Å²) in [6, 6.07) is 11.6. The Kier molecular flexibility index (Phi) is 5.93. The van der Waals surface area contributed by atoms with Crippen molar-refractivity contribution in [2.75, 3.05) is 32.3 Å². The fraction of sp³-hybridized carbons (Fsp3) is 0.286. The first-order valence-electron chi connectivity index (χ1n) is 8.87. The smallest absolute Gasteiger partial charge is 0.346 e. The Bertz CT molecular complexity index is 868. The molecule has 146 valence electrons. The van der Waals surface area contributed by atoms with Crippen LogP contribution < -0.4 is 14.4 Å². The molecule has 28 heavy (non-hydrogen) atoms. The Hall–Kier alpha value is -3.35. The van der Waals surface area contributed by atoms with E-state index < -0.39 is 12.6 Å². The number of carbonyl (C=O) groups excluding carboxylic acids is 3. The zero-order valence-electron chi connectivity index (χ0n) is 15.8. The zero-order chi connectivity index (χ0) is 20.1. The number of hydrogen-bond acceptors (Lipinski definition) is 6. The normalized spacial score (nSPS) is 13.4. The first-order chi connectivity index (χ1) is 13.5. The van der Waals surface area contributed by atoms with Crippen LogP contribution >= 0.6 is 0 Å². The molecule has 0 unspecified atom stereocenters. The molecule has 0 aromatic heterocycles. The summed E-state index contributed by atoms with van der Waals surface area (Å²) in [7, 11) is 2.87. The van der Waals surface area contributed by atoms with Crippen LogP contribution in [-0.4, -0.2) is 45.0 Å². The number of carbonyl (C=O) groups is 3. The fourth-order valence-corrected chi connectivity index (χ4v) is 3.09. The summed E-state index contributed by atoms with van der Waals surface area (Å²) < 4.78 is 15.5. The maximum Gasteiger partial charge on any atom is 0.346 e. The number of rotatable bonds is 7. The van der Waals surface area contributed by atoms with Gasteiger partial charge < -0.3 is 19.1 Å². The minimum Gasteiger partial charge on any atom is -0.496 e. The summed E-state index contributed by atoms with van der Waals surface area (Å²) in [6.45, 7) is 0.270. The molecule has 0 N–H and O–H groups in total. The Morgan fingerprint density at radius 2 is 1.64 bits per heavy atom. The van der Waals surface area contributed by atoms with E-state index in [1.54, 1.807) is 47.4 Å². The van der Waals surface area contributed by atoms with Crippen LogP contribution in [0, 0.1) is 0 Å². The second kappa shape index (κ2) is 8.56. The van der Waals surface area contributed by atoms with E-state index >= 15 is 0 Å². The lowest BCUT2D eigenvalue weighted by molar-refractivity contribution is -0.117. The molecule has 1 saturated heterocycles. The van der Waals surface area contributed by atoms with Crippen LogP contribution in [0.15, 0.2) is 42.5 Å². The molecule has 0 radical (unpaired) electrons. The average Bonchev–Trinajstić information content (AvgIpc) is 3.16. The van der Waals surface area contributed by atoms with Crippen molar-refractivity contribution in [2.45, 2.75) is 12.8 Å². The number of benzene rings is 2. The van der Waals surface area contributed by atoms with Crippen LogP contribution in [0.2, 0.25) is 0 Å². The molecule has 0 saturated carbocycles. The van der Waals surface area contributed by atoms with Gasteiger partial charge in [0.05, 0.1) is 14.2 Å². The predicted octanol–water partition coefficient (Wildman–Crippen LogP) is 2.87. The van der Waals surface area contributed by atoms with Gasteiger partial charge in [0.25, 0.3) is 0 Å². The van der Waals surface area contributed by atoms with Gasteiger partial charge in [-0.25, -0.2) is 4.79 Å². The Balaban J connectivity index is 1.66. The molecule has 7 heteroatoms. The van der Waals surface area contributed by atoms with Gasteiger partial charge in [-0.15, -0.1) is 0 Å². The summed E-state index contributed by atoms with van der Waals surface area (Å²) in [5.41, 5.74) is 1.29. The van der Waals surface area contributed by atoms with Crippen LogP contribution in [-0.2, 0) is 9.53 Å². The van der Waals surface area contributed by atoms with Crippen molar-refractivity contribution in [1.82, 2.24) is 0 Å². The average molecular weight is 383 g/mol. The number of ether oxygens (including phenoxy) is 3. The van der Waals surface area contributed by atoms with E-state index in [-0.39, 0.29) is 17.3 Å². The second-order valence-corrected chi connectivity index (χ2v) is 6.23. The summed E-state index contributed by atoms with van der Waals surface area (Å²) in [5.74, 6) is -0.366. The number of hydrogen-bond donors (Lipinski definition) is 0. The molecule has 2 aromatic rings. The summed E-state index contributed by atoms with van der Waals surface area (Å²) in [4.78, 5) is 38.3. The number of amides is 1. The third-order valence-corrected chi connectivity index (χ3v) is 4.54. The first-order valence-corrected chi connectivity index (χ1v) is 8.87. The van der Waals surface area contributed by atoms with Gasteiger partial charge in [-0.05, 0) is 42.8 Å². The Morgan fingerprint density at radius 3 is 2.18 bits per heavy atom. The Labute approximate surface area is 162 Å². The molecule has 1 aliphatic heterocycles. The first kappa shape index (κ1) is 19.4.